The molecule has 0 aliphatic heterocycles. The summed E-state index contributed by atoms with van der Waals surface area (Å²) in [5.74, 6) is -1.21. The monoisotopic (exact) mass is 237 g/mol. The fourth-order valence-corrected chi connectivity index (χ4v) is 1.92. The summed E-state index contributed by atoms with van der Waals surface area (Å²) in [6.45, 7) is 3.87. The number of allylic oxidation sites excluding steroid dienone is 1. The van der Waals surface area contributed by atoms with Crippen molar-refractivity contribution in [1.82, 2.24) is 4.73 Å². The molecule has 0 amide bonds. The SMILES string of the molecule is C=C1CCC(C(=O)On2c(O)ccc2O)CC1. The van der Waals surface area contributed by atoms with Crippen LogP contribution in [0.1, 0.15) is 25.7 Å². The third-order valence-corrected chi connectivity index (χ3v) is 3.00. The van der Waals surface area contributed by atoms with E-state index in [1.54, 1.807) is 0 Å². The Hall–Kier alpha value is -1.91. The Morgan fingerprint density at radius 2 is 1.82 bits per heavy atom. The van der Waals surface area contributed by atoms with Crippen molar-refractivity contribution in [1.29, 1.82) is 0 Å². The number of rotatable bonds is 2. The van der Waals surface area contributed by atoms with Gasteiger partial charge in [-0.1, -0.05) is 12.2 Å². The third kappa shape index (κ3) is 2.43. The second-order valence-electron chi connectivity index (χ2n) is 4.28. The molecule has 1 aromatic rings. The number of hydrogen-bond acceptors (Lipinski definition) is 4. The molecule has 0 saturated heterocycles. The number of nitrogens with zero attached hydrogens (tertiary/aromatic N) is 1. The molecular formula is C12H15NO4. The molecule has 2 rings (SSSR count). The largest absolute Gasteiger partial charge is 0.492 e. The van der Waals surface area contributed by atoms with Gasteiger partial charge in [0.1, 0.15) is 0 Å². The fraction of sp³-hybridized carbons (Fsp3) is 0.417. The number of carbonyl (C=O) groups is 1. The summed E-state index contributed by atoms with van der Waals surface area (Å²) in [6, 6.07) is 2.51. The zero-order chi connectivity index (χ0) is 12.4. The molecule has 17 heavy (non-hydrogen) atoms. The van der Waals surface area contributed by atoms with E-state index in [1.165, 1.54) is 12.1 Å². The summed E-state index contributed by atoms with van der Waals surface area (Å²) in [5.41, 5.74) is 1.15. The fourth-order valence-electron chi connectivity index (χ4n) is 1.92. The van der Waals surface area contributed by atoms with Crippen molar-refractivity contribution < 1.29 is 19.8 Å². The molecule has 0 atom stereocenters. The second kappa shape index (κ2) is 4.53. The minimum absolute atomic E-state index is 0.193. The van der Waals surface area contributed by atoms with Crippen molar-refractivity contribution in [2.45, 2.75) is 25.7 Å². The van der Waals surface area contributed by atoms with Gasteiger partial charge in [-0.15, -0.1) is 4.73 Å². The normalized spacial score (nSPS) is 17.1. The topological polar surface area (TPSA) is 71.7 Å². The van der Waals surface area contributed by atoms with Gasteiger partial charge in [0.15, 0.2) is 0 Å². The molecular weight excluding hydrogens is 222 g/mol. The summed E-state index contributed by atoms with van der Waals surface area (Å²) in [6.07, 6.45) is 3.06. The average molecular weight is 237 g/mol. The highest BCUT2D eigenvalue weighted by Crippen LogP contribution is 2.28. The predicted octanol–water partition coefficient (Wildman–Crippen LogP) is 1.60. The number of aromatic hydroxyl groups is 2. The van der Waals surface area contributed by atoms with E-state index in [0.29, 0.717) is 12.8 Å². The van der Waals surface area contributed by atoms with E-state index in [0.717, 1.165) is 23.1 Å². The van der Waals surface area contributed by atoms with Crippen molar-refractivity contribution in [3.8, 4) is 11.8 Å². The highest BCUT2D eigenvalue weighted by molar-refractivity contribution is 5.73. The van der Waals surface area contributed by atoms with Gasteiger partial charge in [0.2, 0.25) is 11.8 Å². The van der Waals surface area contributed by atoms with Gasteiger partial charge >= 0.3 is 5.97 Å². The summed E-state index contributed by atoms with van der Waals surface area (Å²) in [4.78, 5) is 16.7. The van der Waals surface area contributed by atoms with Crippen molar-refractivity contribution in [2.75, 3.05) is 0 Å². The Morgan fingerprint density at radius 1 is 1.29 bits per heavy atom. The van der Waals surface area contributed by atoms with Crippen LogP contribution in [0.25, 0.3) is 0 Å². The highest BCUT2D eigenvalue weighted by Gasteiger charge is 2.25. The summed E-state index contributed by atoms with van der Waals surface area (Å²) < 4.78 is 0.728. The Kier molecular flexibility index (Phi) is 3.08. The zero-order valence-corrected chi connectivity index (χ0v) is 9.43. The van der Waals surface area contributed by atoms with E-state index in [-0.39, 0.29) is 17.7 Å². The molecule has 5 nitrogen and oxygen atoms in total. The second-order valence-corrected chi connectivity index (χ2v) is 4.28. The first kappa shape index (κ1) is 11.6. The van der Waals surface area contributed by atoms with Crippen LogP contribution in [-0.4, -0.2) is 20.9 Å². The van der Waals surface area contributed by atoms with E-state index in [2.05, 4.69) is 6.58 Å². The van der Waals surface area contributed by atoms with Crippen LogP contribution in [-0.2, 0) is 4.79 Å². The van der Waals surface area contributed by atoms with E-state index in [9.17, 15) is 15.0 Å². The van der Waals surface area contributed by atoms with Crippen LogP contribution in [0.15, 0.2) is 24.3 Å². The van der Waals surface area contributed by atoms with Crippen LogP contribution in [0.3, 0.4) is 0 Å². The molecule has 1 aliphatic carbocycles. The summed E-state index contributed by atoms with van der Waals surface area (Å²) in [7, 11) is 0. The van der Waals surface area contributed by atoms with E-state index >= 15 is 0 Å². The molecule has 2 N–H and O–H groups in total. The lowest BCUT2D eigenvalue weighted by Gasteiger charge is -2.21. The van der Waals surface area contributed by atoms with Gasteiger partial charge in [0.25, 0.3) is 0 Å². The summed E-state index contributed by atoms with van der Waals surface area (Å²) >= 11 is 0. The molecule has 1 saturated carbocycles. The molecule has 1 heterocycles. The van der Waals surface area contributed by atoms with Crippen molar-refractivity contribution >= 4 is 5.97 Å². The molecule has 1 fully saturated rings. The van der Waals surface area contributed by atoms with Crippen LogP contribution in [0.2, 0.25) is 0 Å². The van der Waals surface area contributed by atoms with Gasteiger partial charge in [-0.25, -0.2) is 4.79 Å². The number of hydrogen-bond donors (Lipinski definition) is 2. The minimum atomic E-state index is -0.431. The molecule has 0 bridgehead atoms. The smallest absolute Gasteiger partial charge is 0.336 e. The molecule has 1 aliphatic rings. The predicted molar refractivity (Wildman–Crippen MR) is 60.4 cm³/mol. The standard InChI is InChI=1S/C12H15NO4/c1-8-2-4-9(5-3-8)12(16)17-13-10(14)6-7-11(13)15/h6-7,9,14-15H,1-5H2. The van der Waals surface area contributed by atoms with Crippen LogP contribution >= 0.6 is 0 Å². The first-order valence-corrected chi connectivity index (χ1v) is 5.56. The first-order valence-electron chi connectivity index (χ1n) is 5.56. The molecule has 0 unspecified atom stereocenters. The minimum Gasteiger partial charge on any atom is -0.492 e. The number of aromatic nitrogens is 1. The maximum Gasteiger partial charge on any atom is 0.336 e. The van der Waals surface area contributed by atoms with E-state index in [1.807, 2.05) is 0 Å². The lowest BCUT2D eigenvalue weighted by atomic mass is 9.87. The van der Waals surface area contributed by atoms with E-state index in [4.69, 9.17) is 4.84 Å². The van der Waals surface area contributed by atoms with Gasteiger partial charge in [-0.3, -0.25) is 0 Å². The van der Waals surface area contributed by atoms with Crippen LogP contribution in [0.4, 0.5) is 0 Å². The number of carbonyl (C=O) groups excluding carboxylic acids is 1. The van der Waals surface area contributed by atoms with Crippen molar-refractivity contribution in [2.24, 2.45) is 5.92 Å². The van der Waals surface area contributed by atoms with Gasteiger partial charge in [0, 0.05) is 12.1 Å². The summed E-state index contributed by atoms with van der Waals surface area (Å²) in [5, 5.41) is 18.7. The van der Waals surface area contributed by atoms with Gasteiger partial charge < -0.3 is 15.1 Å². The van der Waals surface area contributed by atoms with Crippen LogP contribution in [0, 0.1) is 5.92 Å². The Morgan fingerprint density at radius 3 is 2.35 bits per heavy atom. The van der Waals surface area contributed by atoms with Crippen LogP contribution < -0.4 is 4.84 Å². The van der Waals surface area contributed by atoms with Crippen molar-refractivity contribution in [3.05, 3.63) is 24.3 Å². The zero-order valence-electron chi connectivity index (χ0n) is 9.43. The molecule has 0 aromatic carbocycles. The Labute approximate surface area is 98.9 Å². The van der Waals surface area contributed by atoms with Gasteiger partial charge in [-0.05, 0) is 25.7 Å². The quantitative estimate of drug-likeness (QED) is 0.766. The molecule has 0 radical (unpaired) electrons. The van der Waals surface area contributed by atoms with Crippen LogP contribution in [0.5, 0.6) is 11.8 Å². The van der Waals surface area contributed by atoms with Gasteiger partial charge in [0.05, 0.1) is 5.92 Å². The lowest BCUT2D eigenvalue weighted by molar-refractivity contribution is -0.151. The van der Waals surface area contributed by atoms with Gasteiger partial charge in [-0.2, -0.15) is 0 Å². The van der Waals surface area contributed by atoms with Crippen molar-refractivity contribution in [3.63, 3.8) is 0 Å². The molecule has 0 spiro atoms. The Balaban J connectivity index is 2.00. The molecule has 92 valence electrons. The lowest BCUT2D eigenvalue weighted by Crippen LogP contribution is -2.28. The third-order valence-electron chi connectivity index (χ3n) is 3.00. The Bertz CT molecular complexity index is 420. The maximum absolute atomic E-state index is 11.8. The van der Waals surface area contributed by atoms with E-state index < -0.39 is 5.97 Å². The maximum atomic E-state index is 11.8. The molecule has 1 aromatic heterocycles. The first-order chi connectivity index (χ1) is 8.08. The molecule has 5 heteroatoms. The highest BCUT2D eigenvalue weighted by atomic mass is 16.7. The average Bonchev–Trinajstić information content (AvgIpc) is 2.61.